The van der Waals surface area contributed by atoms with Crippen molar-refractivity contribution in [3.05, 3.63) is 89.4 Å². The average Bonchev–Trinajstić information content (AvgIpc) is 3.05. The van der Waals surface area contributed by atoms with Gasteiger partial charge in [-0.15, -0.1) is 24.0 Å². The molecule has 0 heterocycles. The molecule has 0 fully saturated rings. The molecule has 0 amide bonds. The fraction of sp³-hybridized carbons (Fsp3) is 0.105. The van der Waals surface area contributed by atoms with E-state index >= 15 is 0 Å². The summed E-state index contributed by atoms with van der Waals surface area (Å²) in [6, 6.07) is 17.3. The van der Waals surface area contributed by atoms with Crippen LogP contribution in [0.25, 0.3) is 12.2 Å². The van der Waals surface area contributed by atoms with E-state index < -0.39 is 0 Å². The van der Waals surface area contributed by atoms with Crippen LogP contribution in [0.4, 0.5) is 0 Å². The second-order valence-electron chi connectivity index (χ2n) is 5.22. The van der Waals surface area contributed by atoms with Crippen molar-refractivity contribution >= 4 is 12.2 Å². The number of hydrogen-bond donors (Lipinski definition) is 0. The van der Waals surface area contributed by atoms with Crippen molar-refractivity contribution in [2.75, 3.05) is 0 Å². The molecule has 0 bridgehead atoms. The van der Waals surface area contributed by atoms with Gasteiger partial charge in [-0.05, 0) is 11.1 Å². The topological polar surface area (TPSA) is 0 Å². The fourth-order valence-corrected chi connectivity index (χ4v) is 3.11. The van der Waals surface area contributed by atoms with Gasteiger partial charge in [0.1, 0.15) is 0 Å². The quantitative estimate of drug-likeness (QED) is 0.366. The number of benzene rings is 2. The first-order chi connectivity index (χ1) is 9.42. The van der Waals surface area contributed by atoms with Gasteiger partial charge >= 0.3 is 0 Å². The summed E-state index contributed by atoms with van der Waals surface area (Å²) in [6.45, 7) is 0. The molecule has 0 aliphatic heterocycles. The van der Waals surface area contributed by atoms with Gasteiger partial charge in [-0.3, -0.25) is 0 Å². The average molecular weight is 493 g/mol. The smallest absolute Gasteiger partial charge is 0 e. The Morgan fingerprint density at radius 2 is 1.05 bits per heavy atom. The fourth-order valence-electron chi connectivity index (χ4n) is 3.11. The molecule has 0 radical (unpaired) electrons. The molecule has 0 saturated carbocycles. The molecule has 0 spiro atoms. The zero-order valence-corrected chi connectivity index (χ0v) is 17.0. The van der Waals surface area contributed by atoms with Crippen LogP contribution in [-0.2, 0) is 25.8 Å². The molecule has 3 heteroatoms. The number of halogens is 2. The number of fused-ring (bicyclic) bond motifs is 2. The van der Waals surface area contributed by atoms with E-state index in [2.05, 4.69) is 79.3 Å². The van der Waals surface area contributed by atoms with E-state index in [1.165, 1.54) is 22.3 Å². The zero-order chi connectivity index (χ0) is 12.7. The molecule has 2 aromatic rings. The summed E-state index contributed by atoms with van der Waals surface area (Å²) < 4.78 is 0. The van der Waals surface area contributed by atoms with Gasteiger partial charge in [0.2, 0.25) is 0 Å². The normalized spacial score (nSPS) is 19.5. The predicted molar refractivity (Wildman–Crippen MR) is 80.7 cm³/mol. The molecule has 2 aromatic carbocycles. The van der Waals surface area contributed by atoms with E-state index in [0.717, 1.165) is 0 Å². The van der Waals surface area contributed by atoms with Gasteiger partial charge < -0.3 is 31.2 Å². The zero-order valence-electron chi connectivity index (χ0n) is 11.9. The van der Waals surface area contributed by atoms with Gasteiger partial charge in [0, 0.05) is 25.8 Å². The second-order valence-corrected chi connectivity index (χ2v) is 5.22. The minimum Gasteiger partial charge on any atom is -1.00 e. The Morgan fingerprint density at radius 3 is 1.50 bits per heavy atom. The Kier molecular flexibility index (Phi) is 7.31. The molecular formula is C19H15Cl2Hf-3. The van der Waals surface area contributed by atoms with Crippen molar-refractivity contribution in [2.45, 2.75) is 11.8 Å². The van der Waals surface area contributed by atoms with Crippen molar-refractivity contribution in [3.8, 4) is 0 Å². The third kappa shape index (κ3) is 3.48. The van der Waals surface area contributed by atoms with Crippen LogP contribution in [0, 0.1) is 6.42 Å². The minimum atomic E-state index is 0. The largest absolute Gasteiger partial charge is 1.00 e. The Balaban J connectivity index is 0.000000807. The van der Waals surface area contributed by atoms with Crippen molar-refractivity contribution < 1.29 is 50.7 Å². The van der Waals surface area contributed by atoms with Crippen LogP contribution < -0.4 is 24.8 Å². The van der Waals surface area contributed by atoms with Crippen LogP contribution in [0.15, 0.2) is 60.7 Å². The summed E-state index contributed by atoms with van der Waals surface area (Å²) >= 11 is 0. The standard InChI is InChI=1S/C19H15.2ClH.Hf/c1-3-7-18-14(5-1)9-11-16(18)13-17-12-10-15-6-2-4-8-19(15)17;;;/h1-13,16-17H;2*1H;/q-1;;;/p-2. The van der Waals surface area contributed by atoms with Crippen LogP contribution >= 0.6 is 0 Å². The maximum absolute atomic E-state index is 2.45. The molecule has 4 rings (SSSR count). The summed E-state index contributed by atoms with van der Waals surface area (Å²) in [4.78, 5) is 0. The second kappa shape index (κ2) is 8.29. The summed E-state index contributed by atoms with van der Waals surface area (Å²) in [5, 5.41) is 0. The Morgan fingerprint density at radius 1 is 0.636 bits per heavy atom. The van der Waals surface area contributed by atoms with E-state index in [1.54, 1.807) is 0 Å². The molecular weight excluding hydrogens is 478 g/mol. The van der Waals surface area contributed by atoms with Gasteiger partial charge in [0.25, 0.3) is 0 Å². The van der Waals surface area contributed by atoms with E-state index in [-0.39, 0.29) is 50.7 Å². The molecule has 0 saturated heterocycles. The van der Waals surface area contributed by atoms with Crippen molar-refractivity contribution in [1.29, 1.82) is 0 Å². The third-order valence-electron chi connectivity index (χ3n) is 4.09. The molecule has 22 heavy (non-hydrogen) atoms. The van der Waals surface area contributed by atoms with Crippen LogP contribution in [0.2, 0.25) is 0 Å². The van der Waals surface area contributed by atoms with Crippen molar-refractivity contribution in [3.63, 3.8) is 0 Å². The summed E-state index contributed by atoms with van der Waals surface area (Å²) in [5.74, 6) is 0.883. The maximum atomic E-state index is 2.45. The Labute approximate surface area is 163 Å². The molecule has 2 aliphatic rings. The summed E-state index contributed by atoms with van der Waals surface area (Å²) in [5.41, 5.74) is 5.58. The van der Waals surface area contributed by atoms with Crippen LogP contribution in [0.3, 0.4) is 0 Å². The minimum absolute atomic E-state index is 0. The Hall–Kier alpha value is -0.630. The number of rotatable bonds is 2. The molecule has 2 aliphatic carbocycles. The summed E-state index contributed by atoms with van der Waals surface area (Å²) in [6.07, 6.45) is 11.5. The molecule has 112 valence electrons. The van der Waals surface area contributed by atoms with Crippen LogP contribution in [0.1, 0.15) is 34.1 Å². The first-order valence-electron chi connectivity index (χ1n) is 6.81. The monoisotopic (exact) mass is 493 g/mol. The number of hydrogen-bond acceptors (Lipinski definition) is 0. The van der Waals surface area contributed by atoms with Crippen molar-refractivity contribution in [2.24, 2.45) is 0 Å². The van der Waals surface area contributed by atoms with E-state index in [9.17, 15) is 0 Å². The first kappa shape index (κ1) is 19.4. The van der Waals surface area contributed by atoms with E-state index in [0.29, 0.717) is 11.8 Å². The van der Waals surface area contributed by atoms with Crippen LogP contribution in [-0.4, -0.2) is 0 Å². The van der Waals surface area contributed by atoms with Crippen LogP contribution in [0.5, 0.6) is 0 Å². The van der Waals surface area contributed by atoms with E-state index in [1.807, 2.05) is 0 Å². The molecule has 2 atom stereocenters. The third-order valence-corrected chi connectivity index (χ3v) is 4.09. The molecule has 0 aromatic heterocycles. The maximum Gasteiger partial charge on any atom is 0 e. The Bertz CT molecular complexity index is 632. The molecule has 0 nitrogen and oxygen atoms in total. The van der Waals surface area contributed by atoms with Crippen molar-refractivity contribution in [1.82, 2.24) is 0 Å². The predicted octanol–water partition coefficient (Wildman–Crippen LogP) is -1.18. The SMILES string of the molecule is C1=CC([CH-]C2C=Cc3ccccc32)c2ccccc21.[Cl-].[Cl-].[Hf]. The number of allylic oxidation sites excluding steroid dienone is 2. The van der Waals surface area contributed by atoms with Gasteiger partial charge in [0.15, 0.2) is 0 Å². The van der Waals surface area contributed by atoms with Gasteiger partial charge in [-0.25, -0.2) is 0 Å². The molecule has 2 unspecified atom stereocenters. The molecule has 0 N–H and O–H groups in total. The van der Waals surface area contributed by atoms with Gasteiger partial charge in [-0.1, -0.05) is 71.8 Å². The van der Waals surface area contributed by atoms with Gasteiger partial charge in [-0.2, -0.15) is 0 Å². The van der Waals surface area contributed by atoms with E-state index in [4.69, 9.17) is 0 Å². The first-order valence-corrected chi connectivity index (χ1v) is 6.81. The summed E-state index contributed by atoms with van der Waals surface area (Å²) in [7, 11) is 0. The van der Waals surface area contributed by atoms with Gasteiger partial charge in [0.05, 0.1) is 0 Å².